The quantitative estimate of drug-likeness (QED) is 0.194. The van der Waals surface area contributed by atoms with Crippen molar-refractivity contribution >= 4 is 20.8 Å². The van der Waals surface area contributed by atoms with Crippen molar-refractivity contribution in [3.63, 3.8) is 0 Å². The first-order valence-corrected chi connectivity index (χ1v) is 15.5. The molecule has 0 unspecified atom stereocenters. The SMILES string of the molecule is CCCCCCCCNCCCCCCP(Br)(CC)(CC)CC. The zero-order chi connectivity index (χ0) is 17.5. The van der Waals surface area contributed by atoms with E-state index in [-0.39, 0.29) is 0 Å². The van der Waals surface area contributed by atoms with E-state index in [2.05, 4.69) is 48.5 Å². The monoisotopic (exact) mass is 409 g/mol. The Balaban J connectivity index is 3.43. The average Bonchev–Trinajstić information content (AvgIpc) is 2.59. The minimum atomic E-state index is -1.49. The van der Waals surface area contributed by atoms with Gasteiger partial charge in [-0.2, -0.15) is 0 Å². The molecule has 0 spiro atoms. The van der Waals surface area contributed by atoms with E-state index < -0.39 is 5.31 Å². The van der Waals surface area contributed by atoms with Crippen LogP contribution < -0.4 is 5.32 Å². The number of hydrogen-bond donors (Lipinski definition) is 1. The van der Waals surface area contributed by atoms with Gasteiger partial charge in [-0.05, 0) is 0 Å². The summed E-state index contributed by atoms with van der Waals surface area (Å²) in [6, 6.07) is 0. The van der Waals surface area contributed by atoms with Crippen LogP contribution in [0.4, 0.5) is 0 Å². The van der Waals surface area contributed by atoms with Gasteiger partial charge in [0.25, 0.3) is 0 Å². The van der Waals surface area contributed by atoms with Gasteiger partial charge in [0.1, 0.15) is 0 Å². The van der Waals surface area contributed by atoms with Crippen molar-refractivity contribution < 1.29 is 0 Å². The van der Waals surface area contributed by atoms with Crippen LogP contribution in [0.2, 0.25) is 0 Å². The third-order valence-electron chi connectivity index (χ3n) is 5.90. The van der Waals surface area contributed by atoms with Gasteiger partial charge in [-0.25, -0.2) is 0 Å². The Morgan fingerprint density at radius 2 is 1.04 bits per heavy atom. The summed E-state index contributed by atoms with van der Waals surface area (Å²) in [4.78, 5) is 0. The molecule has 0 saturated carbocycles. The van der Waals surface area contributed by atoms with Crippen molar-refractivity contribution in [3.8, 4) is 0 Å². The van der Waals surface area contributed by atoms with E-state index in [4.69, 9.17) is 0 Å². The van der Waals surface area contributed by atoms with Crippen LogP contribution in [-0.4, -0.2) is 37.7 Å². The van der Waals surface area contributed by atoms with E-state index in [0.29, 0.717) is 0 Å². The first-order chi connectivity index (χ1) is 11.0. The summed E-state index contributed by atoms with van der Waals surface area (Å²) in [7, 11) is 0. The van der Waals surface area contributed by atoms with Gasteiger partial charge in [0.15, 0.2) is 0 Å². The summed E-state index contributed by atoms with van der Waals surface area (Å²) < 4.78 is 0. The molecule has 0 radical (unpaired) electrons. The molecule has 0 bridgehead atoms. The van der Waals surface area contributed by atoms with Gasteiger partial charge in [-0.15, -0.1) is 0 Å². The zero-order valence-corrected chi connectivity index (χ0v) is 19.1. The van der Waals surface area contributed by atoms with Crippen LogP contribution in [0.25, 0.3) is 0 Å². The first kappa shape index (κ1) is 23.9. The van der Waals surface area contributed by atoms with Gasteiger partial charge in [0.2, 0.25) is 0 Å². The molecule has 0 aliphatic rings. The minimum absolute atomic E-state index is 1.22. The molecule has 0 saturated heterocycles. The molecule has 142 valence electrons. The number of unbranched alkanes of at least 4 members (excludes halogenated alkanes) is 8. The molecule has 0 fully saturated rings. The second-order valence-electron chi connectivity index (χ2n) is 7.42. The third kappa shape index (κ3) is 11.2. The van der Waals surface area contributed by atoms with E-state index >= 15 is 0 Å². The molecule has 1 nitrogen and oxygen atoms in total. The summed E-state index contributed by atoms with van der Waals surface area (Å²) in [6.45, 7) is 11.9. The molecule has 0 atom stereocenters. The van der Waals surface area contributed by atoms with E-state index in [1.54, 1.807) is 0 Å². The Labute approximate surface area is 155 Å². The van der Waals surface area contributed by atoms with Crippen molar-refractivity contribution in [1.82, 2.24) is 5.32 Å². The molecule has 0 aromatic heterocycles. The summed E-state index contributed by atoms with van der Waals surface area (Å²) in [5.74, 6) is 0. The Hall–Kier alpha value is 0.870. The first-order valence-electron chi connectivity index (χ1n) is 10.5. The fourth-order valence-electron chi connectivity index (χ4n) is 3.41. The van der Waals surface area contributed by atoms with Gasteiger partial charge in [-0.3, -0.25) is 0 Å². The molecular weight excluding hydrogens is 365 g/mol. The van der Waals surface area contributed by atoms with Crippen LogP contribution in [-0.2, 0) is 0 Å². The van der Waals surface area contributed by atoms with Crippen LogP contribution in [0.1, 0.15) is 91.9 Å². The standard InChI is InChI=1S/C20H45BrNP/c1-5-9-10-11-12-15-18-22-19-16-13-14-17-20-23(21,6-2,7-3)8-4/h22H,5-20H2,1-4H3. The topological polar surface area (TPSA) is 12.0 Å². The Morgan fingerprint density at radius 1 is 0.609 bits per heavy atom. The molecule has 0 amide bonds. The average molecular weight is 410 g/mol. The predicted octanol–water partition coefficient (Wildman–Crippen LogP) is 7.42. The van der Waals surface area contributed by atoms with Gasteiger partial charge >= 0.3 is 136 Å². The zero-order valence-electron chi connectivity index (χ0n) is 16.6. The molecule has 0 aliphatic carbocycles. The van der Waals surface area contributed by atoms with Gasteiger partial charge in [0, 0.05) is 0 Å². The van der Waals surface area contributed by atoms with Crippen LogP contribution in [0.15, 0.2) is 0 Å². The van der Waals surface area contributed by atoms with E-state index in [0.717, 1.165) is 0 Å². The number of hydrogen-bond acceptors (Lipinski definition) is 1. The normalized spacial score (nSPS) is 13.9. The van der Waals surface area contributed by atoms with Crippen molar-refractivity contribution in [3.05, 3.63) is 0 Å². The number of halogens is 1. The molecule has 23 heavy (non-hydrogen) atoms. The van der Waals surface area contributed by atoms with E-state index in [9.17, 15) is 0 Å². The second kappa shape index (κ2) is 14.1. The maximum absolute atomic E-state index is 4.24. The number of nitrogens with one attached hydrogen (secondary N) is 1. The molecule has 0 aromatic carbocycles. The molecule has 1 N–H and O–H groups in total. The summed E-state index contributed by atoms with van der Waals surface area (Å²) >= 11 is 4.24. The van der Waals surface area contributed by atoms with Crippen LogP contribution in [0, 0.1) is 0 Å². The van der Waals surface area contributed by atoms with E-state index in [1.165, 1.54) is 102 Å². The Kier molecular flexibility index (Phi) is 14.6. The molecule has 3 heteroatoms. The van der Waals surface area contributed by atoms with Gasteiger partial charge in [-0.1, -0.05) is 19.8 Å². The second-order valence-corrected chi connectivity index (χ2v) is 19.4. The maximum atomic E-state index is 4.24. The molecule has 0 aromatic rings. The van der Waals surface area contributed by atoms with Gasteiger partial charge < -0.3 is 0 Å². The van der Waals surface area contributed by atoms with Crippen molar-refractivity contribution in [2.75, 3.05) is 37.7 Å². The summed E-state index contributed by atoms with van der Waals surface area (Å²) in [6.07, 6.45) is 19.6. The number of rotatable bonds is 17. The van der Waals surface area contributed by atoms with E-state index in [1.807, 2.05) is 0 Å². The molecule has 0 rings (SSSR count). The fraction of sp³-hybridized carbons (Fsp3) is 1.00. The summed E-state index contributed by atoms with van der Waals surface area (Å²) in [5, 5.41) is 2.13. The van der Waals surface area contributed by atoms with Crippen LogP contribution in [0.3, 0.4) is 0 Å². The third-order valence-corrected chi connectivity index (χ3v) is 17.7. The summed E-state index contributed by atoms with van der Waals surface area (Å²) in [5.41, 5.74) is 0. The Morgan fingerprint density at radius 3 is 1.52 bits per heavy atom. The van der Waals surface area contributed by atoms with Crippen molar-refractivity contribution in [2.24, 2.45) is 0 Å². The molecule has 0 aliphatic heterocycles. The van der Waals surface area contributed by atoms with Crippen molar-refractivity contribution in [2.45, 2.75) is 91.9 Å². The molecule has 0 heterocycles. The predicted molar refractivity (Wildman–Crippen MR) is 117 cm³/mol. The Bertz CT molecular complexity index is 255. The van der Waals surface area contributed by atoms with Gasteiger partial charge in [0.05, 0.1) is 0 Å². The molecular formula is C20H45BrNP. The van der Waals surface area contributed by atoms with Crippen LogP contribution in [0.5, 0.6) is 0 Å². The van der Waals surface area contributed by atoms with Crippen LogP contribution >= 0.6 is 20.8 Å². The fourth-order valence-corrected chi connectivity index (χ4v) is 7.47. The van der Waals surface area contributed by atoms with Crippen molar-refractivity contribution in [1.29, 1.82) is 0 Å².